The van der Waals surface area contributed by atoms with Crippen molar-refractivity contribution in [1.82, 2.24) is 14.9 Å². The Morgan fingerprint density at radius 3 is 2.76 bits per heavy atom. The molecule has 0 saturated heterocycles. The van der Waals surface area contributed by atoms with Crippen molar-refractivity contribution in [2.75, 3.05) is 0 Å². The summed E-state index contributed by atoms with van der Waals surface area (Å²) in [5.74, 6) is 1.83. The fraction of sp³-hybridized carbons (Fsp3) is 0.312. The van der Waals surface area contributed by atoms with E-state index in [1.807, 2.05) is 47.5 Å². The van der Waals surface area contributed by atoms with Crippen LogP contribution in [0.5, 0.6) is 0 Å². The standard InChI is InChI=1S/C16H19N3OS/c1-11-6-7-14(21-11)12(2)18-15(13-5-4-10-20-13)16-17-8-9-19(16)3/h4-10,12,15,18H,1-3H3. The summed E-state index contributed by atoms with van der Waals surface area (Å²) < 4.78 is 7.62. The van der Waals surface area contributed by atoms with Gasteiger partial charge in [0.2, 0.25) is 0 Å². The van der Waals surface area contributed by atoms with Gasteiger partial charge in [-0.2, -0.15) is 0 Å². The highest BCUT2D eigenvalue weighted by atomic mass is 32.1. The van der Waals surface area contributed by atoms with Crippen molar-refractivity contribution in [3.63, 3.8) is 0 Å². The van der Waals surface area contributed by atoms with Crippen molar-refractivity contribution in [2.45, 2.75) is 25.9 Å². The number of nitrogens with one attached hydrogen (secondary N) is 1. The third-order valence-electron chi connectivity index (χ3n) is 3.55. The first-order valence-electron chi connectivity index (χ1n) is 6.98. The summed E-state index contributed by atoms with van der Waals surface area (Å²) in [7, 11) is 2.00. The molecule has 21 heavy (non-hydrogen) atoms. The van der Waals surface area contributed by atoms with Crippen LogP contribution in [0.15, 0.2) is 47.3 Å². The summed E-state index contributed by atoms with van der Waals surface area (Å²) in [6.07, 6.45) is 5.47. The predicted octanol–water partition coefficient (Wildman–Crippen LogP) is 3.82. The molecular weight excluding hydrogens is 282 g/mol. The number of nitrogens with zero attached hydrogens (tertiary/aromatic N) is 2. The van der Waals surface area contributed by atoms with Crippen LogP contribution < -0.4 is 5.32 Å². The Morgan fingerprint density at radius 2 is 2.19 bits per heavy atom. The van der Waals surface area contributed by atoms with E-state index in [9.17, 15) is 0 Å². The van der Waals surface area contributed by atoms with E-state index in [1.165, 1.54) is 9.75 Å². The molecule has 0 spiro atoms. The van der Waals surface area contributed by atoms with Gasteiger partial charge in [0.15, 0.2) is 0 Å². The smallest absolute Gasteiger partial charge is 0.133 e. The maximum absolute atomic E-state index is 5.60. The second-order valence-corrected chi connectivity index (χ2v) is 6.50. The lowest BCUT2D eigenvalue weighted by Gasteiger charge is -2.21. The van der Waals surface area contributed by atoms with E-state index >= 15 is 0 Å². The predicted molar refractivity (Wildman–Crippen MR) is 84.4 cm³/mol. The largest absolute Gasteiger partial charge is 0.467 e. The molecule has 3 aromatic rings. The van der Waals surface area contributed by atoms with Crippen molar-refractivity contribution < 1.29 is 4.42 Å². The van der Waals surface area contributed by atoms with Gasteiger partial charge in [-0.05, 0) is 38.1 Å². The van der Waals surface area contributed by atoms with Crippen LogP contribution in [0, 0.1) is 6.92 Å². The molecular formula is C16H19N3OS. The molecule has 3 rings (SSSR count). The molecule has 0 aliphatic carbocycles. The monoisotopic (exact) mass is 301 g/mol. The molecule has 2 unspecified atom stereocenters. The SMILES string of the molecule is Cc1ccc(C(C)NC(c2ccco2)c2nccn2C)s1. The fourth-order valence-electron chi connectivity index (χ4n) is 2.41. The van der Waals surface area contributed by atoms with Crippen molar-refractivity contribution in [3.05, 3.63) is 64.3 Å². The quantitative estimate of drug-likeness (QED) is 0.779. The van der Waals surface area contributed by atoms with E-state index in [4.69, 9.17) is 4.42 Å². The van der Waals surface area contributed by atoms with Crippen LogP contribution in [0.1, 0.15) is 40.3 Å². The van der Waals surface area contributed by atoms with Crippen LogP contribution in [0.4, 0.5) is 0 Å². The van der Waals surface area contributed by atoms with Crippen LogP contribution in [0.25, 0.3) is 0 Å². The second-order valence-electron chi connectivity index (χ2n) is 5.18. The lowest BCUT2D eigenvalue weighted by Crippen LogP contribution is -2.27. The van der Waals surface area contributed by atoms with Gasteiger partial charge in [0.25, 0.3) is 0 Å². The zero-order valence-corrected chi connectivity index (χ0v) is 13.2. The number of aromatic nitrogens is 2. The minimum Gasteiger partial charge on any atom is -0.467 e. The summed E-state index contributed by atoms with van der Waals surface area (Å²) in [5.41, 5.74) is 0. The van der Waals surface area contributed by atoms with Gasteiger partial charge in [-0.1, -0.05) is 0 Å². The molecule has 0 aromatic carbocycles. The first kappa shape index (κ1) is 14.1. The van der Waals surface area contributed by atoms with Crippen LogP contribution in [-0.4, -0.2) is 9.55 Å². The number of aryl methyl sites for hydroxylation is 2. The van der Waals surface area contributed by atoms with Crippen molar-refractivity contribution in [2.24, 2.45) is 7.05 Å². The van der Waals surface area contributed by atoms with Crippen LogP contribution in [0.3, 0.4) is 0 Å². The van der Waals surface area contributed by atoms with Gasteiger partial charge in [0, 0.05) is 35.2 Å². The third kappa shape index (κ3) is 2.94. The highest BCUT2D eigenvalue weighted by molar-refractivity contribution is 7.12. The van der Waals surface area contributed by atoms with E-state index in [1.54, 1.807) is 6.26 Å². The topological polar surface area (TPSA) is 43.0 Å². The van der Waals surface area contributed by atoms with Gasteiger partial charge in [0.05, 0.1) is 6.26 Å². The molecule has 2 atom stereocenters. The number of rotatable bonds is 5. The number of hydrogen-bond donors (Lipinski definition) is 1. The second kappa shape index (κ2) is 5.87. The zero-order valence-electron chi connectivity index (χ0n) is 12.4. The molecule has 1 N–H and O–H groups in total. The lowest BCUT2D eigenvalue weighted by molar-refractivity contribution is 0.405. The fourth-order valence-corrected chi connectivity index (χ4v) is 3.30. The van der Waals surface area contributed by atoms with Crippen molar-refractivity contribution >= 4 is 11.3 Å². The molecule has 0 aliphatic heterocycles. The van der Waals surface area contributed by atoms with Gasteiger partial charge in [-0.15, -0.1) is 11.3 Å². The maximum atomic E-state index is 5.60. The normalized spacial score (nSPS) is 14.2. The number of thiophene rings is 1. The van der Waals surface area contributed by atoms with E-state index in [2.05, 4.69) is 36.3 Å². The minimum absolute atomic E-state index is 0.0580. The van der Waals surface area contributed by atoms with Gasteiger partial charge in [-0.25, -0.2) is 4.98 Å². The first-order valence-corrected chi connectivity index (χ1v) is 7.80. The number of imidazole rings is 1. The lowest BCUT2D eigenvalue weighted by atomic mass is 10.1. The molecule has 0 aliphatic rings. The van der Waals surface area contributed by atoms with E-state index in [0.717, 1.165) is 11.6 Å². The molecule has 0 fully saturated rings. The van der Waals surface area contributed by atoms with Crippen LogP contribution in [-0.2, 0) is 7.05 Å². The Labute approximate surface area is 128 Å². The summed E-state index contributed by atoms with van der Waals surface area (Å²) in [5, 5.41) is 3.63. The molecule has 3 heterocycles. The Morgan fingerprint density at radius 1 is 1.33 bits per heavy atom. The van der Waals surface area contributed by atoms with E-state index in [-0.39, 0.29) is 12.1 Å². The third-order valence-corrected chi connectivity index (χ3v) is 4.73. The summed E-state index contributed by atoms with van der Waals surface area (Å²) in [4.78, 5) is 7.11. The minimum atomic E-state index is -0.0580. The van der Waals surface area contributed by atoms with Crippen molar-refractivity contribution in [3.8, 4) is 0 Å². The molecule has 4 nitrogen and oxygen atoms in total. The number of hydrogen-bond acceptors (Lipinski definition) is 4. The molecule has 0 saturated carbocycles. The molecule has 0 bridgehead atoms. The highest BCUT2D eigenvalue weighted by Gasteiger charge is 2.23. The van der Waals surface area contributed by atoms with E-state index in [0.29, 0.717) is 0 Å². The highest BCUT2D eigenvalue weighted by Crippen LogP contribution is 2.28. The first-order chi connectivity index (χ1) is 10.1. The molecule has 3 aromatic heterocycles. The van der Waals surface area contributed by atoms with E-state index < -0.39 is 0 Å². The van der Waals surface area contributed by atoms with Gasteiger partial charge in [-0.3, -0.25) is 5.32 Å². The molecule has 0 radical (unpaired) electrons. The van der Waals surface area contributed by atoms with Crippen LogP contribution >= 0.6 is 11.3 Å². The Bertz CT molecular complexity index is 699. The van der Waals surface area contributed by atoms with Crippen molar-refractivity contribution in [1.29, 1.82) is 0 Å². The van der Waals surface area contributed by atoms with Gasteiger partial charge in [0.1, 0.15) is 17.6 Å². The zero-order chi connectivity index (χ0) is 14.8. The van der Waals surface area contributed by atoms with Gasteiger partial charge < -0.3 is 8.98 Å². The van der Waals surface area contributed by atoms with Gasteiger partial charge >= 0.3 is 0 Å². The Hall–Kier alpha value is -1.85. The molecule has 110 valence electrons. The molecule has 5 heteroatoms. The summed E-state index contributed by atoms with van der Waals surface area (Å²) in [6, 6.07) is 8.40. The average molecular weight is 301 g/mol. The Kier molecular flexibility index (Phi) is 3.94. The maximum Gasteiger partial charge on any atom is 0.133 e. The Balaban J connectivity index is 1.88. The number of furan rings is 1. The van der Waals surface area contributed by atoms with Crippen LogP contribution in [0.2, 0.25) is 0 Å². The summed E-state index contributed by atoms with van der Waals surface area (Å²) in [6.45, 7) is 4.30. The summed E-state index contributed by atoms with van der Waals surface area (Å²) >= 11 is 1.82. The average Bonchev–Trinajstić information content (AvgIpc) is 3.17. The molecule has 0 amide bonds.